The average Bonchev–Trinajstić information content (AvgIpc) is 2.00. The molecule has 0 rings (SSSR count). The normalized spacial score (nSPS) is 11.4. The molecule has 0 heterocycles. The van der Waals surface area contributed by atoms with E-state index in [0.717, 1.165) is 12.8 Å². The molecule has 0 aliphatic rings. The van der Waals surface area contributed by atoms with Crippen LogP contribution in [0.4, 0.5) is 0 Å². The fraction of sp³-hybridized carbons (Fsp3) is 0.889. The highest BCUT2D eigenvalue weighted by Crippen LogP contribution is 2.25. The van der Waals surface area contributed by atoms with E-state index >= 15 is 0 Å². The fourth-order valence-corrected chi connectivity index (χ4v) is 0.913. The molecule has 0 fully saturated rings. The molecule has 0 unspecified atom stereocenters. The van der Waals surface area contributed by atoms with E-state index in [4.69, 9.17) is 27.9 Å². The first kappa shape index (κ1) is 13.1. The van der Waals surface area contributed by atoms with Gasteiger partial charge in [0.2, 0.25) is 0 Å². The van der Waals surface area contributed by atoms with Crippen LogP contribution in [0.2, 0.25) is 0 Å². The highest BCUT2D eigenvalue weighted by molar-refractivity contribution is 6.48. The van der Waals surface area contributed by atoms with Gasteiger partial charge in [0.1, 0.15) is 4.33 Å². The zero-order valence-electron chi connectivity index (χ0n) is 8.11. The van der Waals surface area contributed by atoms with Gasteiger partial charge in [0.05, 0.1) is 6.61 Å². The zero-order chi connectivity index (χ0) is 10.3. The van der Waals surface area contributed by atoms with Crippen LogP contribution in [0.1, 0.15) is 39.5 Å². The predicted molar refractivity (Wildman–Crippen MR) is 55.2 cm³/mol. The number of hydrogen-bond donors (Lipinski definition) is 0. The molecule has 0 amide bonds. The number of alkyl halides is 2. The van der Waals surface area contributed by atoms with Gasteiger partial charge >= 0.3 is 5.97 Å². The van der Waals surface area contributed by atoms with Gasteiger partial charge in [-0.15, -0.1) is 23.2 Å². The number of carbonyl (C=O) groups is 1. The summed E-state index contributed by atoms with van der Waals surface area (Å²) in [6.45, 7) is 4.20. The molecule has 0 bridgehead atoms. The van der Waals surface area contributed by atoms with E-state index in [2.05, 4.69) is 0 Å². The summed E-state index contributed by atoms with van der Waals surface area (Å²) in [6.07, 6.45) is 2.65. The third-order valence-corrected chi connectivity index (χ3v) is 1.91. The Balaban J connectivity index is 3.41. The minimum atomic E-state index is -0.830. The van der Waals surface area contributed by atoms with E-state index in [1.54, 1.807) is 6.92 Å². The molecule has 2 nitrogen and oxygen atoms in total. The van der Waals surface area contributed by atoms with Crippen molar-refractivity contribution in [3.8, 4) is 0 Å². The smallest absolute Gasteiger partial charge is 0.305 e. The minimum absolute atomic E-state index is 0.221. The van der Waals surface area contributed by atoms with Gasteiger partial charge in [0.25, 0.3) is 0 Å². The van der Waals surface area contributed by atoms with Crippen LogP contribution in [0.3, 0.4) is 0 Å². The van der Waals surface area contributed by atoms with Gasteiger partial charge < -0.3 is 4.74 Å². The van der Waals surface area contributed by atoms with Crippen molar-refractivity contribution >= 4 is 29.2 Å². The number of unbranched alkanes of at least 4 members (excludes halogenated alkanes) is 1. The van der Waals surface area contributed by atoms with Crippen LogP contribution >= 0.6 is 23.2 Å². The highest BCUT2D eigenvalue weighted by atomic mass is 35.5. The van der Waals surface area contributed by atoms with Gasteiger partial charge in [-0.25, -0.2) is 0 Å². The van der Waals surface area contributed by atoms with E-state index in [9.17, 15) is 4.79 Å². The van der Waals surface area contributed by atoms with E-state index in [0.29, 0.717) is 13.0 Å². The van der Waals surface area contributed by atoms with Gasteiger partial charge in [0.15, 0.2) is 0 Å². The van der Waals surface area contributed by atoms with Crippen molar-refractivity contribution in [1.82, 2.24) is 0 Å². The molecule has 0 N–H and O–H groups in total. The molecule has 78 valence electrons. The first-order chi connectivity index (χ1) is 5.95. The summed E-state index contributed by atoms with van der Waals surface area (Å²) in [6, 6.07) is 0. The van der Waals surface area contributed by atoms with Gasteiger partial charge in [0, 0.05) is 6.42 Å². The Morgan fingerprint density at radius 1 is 1.46 bits per heavy atom. The van der Waals surface area contributed by atoms with Crippen molar-refractivity contribution in [3.05, 3.63) is 0 Å². The number of halogens is 2. The predicted octanol–water partition coefficient (Wildman–Crippen LogP) is 3.30. The van der Waals surface area contributed by atoms with Gasteiger partial charge in [-0.1, -0.05) is 13.3 Å². The van der Waals surface area contributed by atoms with E-state index in [-0.39, 0.29) is 12.4 Å². The van der Waals surface area contributed by atoms with Crippen molar-refractivity contribution in [3.63, 3.8) is 0 Å². The Morgan fingerprint density at radius 2 is 2.08 bits per heavy atom. The summed E-state index contributed by atoms with van der Waals surface area (Å²) in [5, 5.41) is 0. The second kappa shape index (κ2) is 6.50. The molecule has 0 saturated carbocycles. The number of carbonyl (C=O) groups excluding carboxylic acids is 1. The quantitative estimate of drug-likeness (QED) is 0.395. The maximum Gasteiger partial charge on any atom is 0.305 e. The minimum Gasteiger partial charge on any atom is -0.466 e. The van der Waals surface area contributed by atoms with Crippen LogP contribution in [-0.2, 0) is 9.53 Å². The standard InChI is InChI=1S/C9H16Cl2O2/c1-3-4-7-13-8(12)5-6-9(2,10)11/h3-7H2,1-2H3. The lowest BCUT2D eigenvalue weighted by molar-refractivity contribution is -0.143. The van der Waals surface area contributed by atoms with Crippen molar-refractivity contribution in [2.75, 3.05) is 6.61 Å². The van der Waals surface area contributed by atoms with Crippen molar-refractivity contribution in [2.24, 2.45) is 0 Å². The van der Waals surface area contributed by atoms with Crippen LogP contribution in [0.25, 0.3) is 0 Å². The van der Waals surface area contributed by atoms with E-state index < -0.39 is 4.33 Å². The molecule has 0 aromatic rings. The summed E-state index contributed by atoms with van der Waals surface area (Å²) >= 11 is 11.4. The first-order valence-electron chi connectivity index (χ1n) is 4.49. The molecule has 0 aromatic heterocycles. The van der Waals surface area contributed by atoms with Crippen LogP contribution in [0.5, 0.6) is 0 Å². The lowest BCUT2D eigenvalue weighted by Crippen LogP contribution is -2.12. The van der Waals surface area contributed by atoms with Gasteiger partial charge in [-0.3, -0.25) is 4.79 Å². The lowest BCUT2D eigenvalue weighted by Gasteiger charge is -2.11. The maximum absolute atomic E-state index is 11.0. The molecular weight excluding hydrogens is 211 g/mol. The van der Waals surface area contributed by atoms with Crippen molar-refractivity contribution in [2.45, 2.75) is 43.9 Å². The summed E-state index contributed by atoms with van der Waals surface area (Å²) < 4.78 is 4.09. The molecule has 0 radical (unpaired) electrons. The topological polar surface area (TPSA) is 26.3 Å². The van der Waals surface area contributed by atoms with Crippen LogP contribution < -0.4 is 0 Å². The molecule has 4 heteroatoms. The Kier molecular flexibility index (Phi) is 6.52. The highest BCUT2D eigenvalue weighted by Gasteiger charge is 2.18. The molecule has 13 heavy (non-hydrogen) atoms. The van der Waals surface area contributed by atoms with Crippen molar-refractivity contribution < 1.29 is 9.53 Å². The summed E-state index contributed by atoms with van der Waals surface area (Å²) in [5.74, 6) is -0.221. The molecule has 0 aliphatic carbocycles. The van der Waals surface area contributed by atoms with Crippen molar-refractivity contribution in [1.29, 1.82) is 0 Å². The number of hydrogen-bond acceptors (Lipinski definition) is 2. The number of ether oxygens (including phenoxy) is 1. The monoisotopic (exact) mass is 226 g/mol. The van der Waals surface area contributed by atoms with Crippen LogP contribution in [0, 0.1) is 0 Å². The maximum atomic E-state index is 11.0. The Labute approximate surface area is 89.5 Å². The largest absolute Gasteiger partial charge is 0.466 e. The number of esters is 1. The van der Waals surface area contributed by atoms with E-state index in [1.807, 2.05) is 6.92 Å². The summed E-state index contributed by atoms with van der Waals surface area (Å²) in [4.78, 5) is 11.0. The Bertz CT molecular complexity index is 152. The van der Waals surface area contributed by atoms with Crippen LogP contribution in [-0.4, -0.2) is 16.9 Å². The Hall–Kier alpha value is 0.0500. The molecular formula is C9H16Cl2O2. The van der Waals surface area contributed by atoms with E-state index in [1.165, 1.54) is 0 Å². The SMILES string of the molecule is CCCCOC(=O)CCC(C)(Cl)Cl. The summed E-state index contributed by atoms with van der Waals surface area (Å²) in [5.41, 5.74) is 0. The average molecular weight is 227 g/mol. The summed E-state index contributed by atoms with van der Waals surface area (Å²) in [7, 11) is 0. The molecule has 0 atom stereocenters. The van der Waals surface area contributed by atoms with Gasteiger partial charge in [-0.05, 0) is 19.8 Å². The molecule has 0 aliphatic heterocycles. The van der Waals surface area contributed by atoms with Gasteiger partial charge in [-0.2, -0.15) is 0 Å². The number of rotatable bonds is 6. The second-order valence-electron chi connectivity index (χ2n) is 3.14. The lowest BCUT2D eigenvalue weighted by atomic mass is 10.2. The van der Waals surface area contributed by atoms with Crippen LogP contribution in [0.15, 0.2) is 0 Å². The molecule has 0 aromatic carbocycles. The fourth-order valence-electron chi connectivity index (χ4n) is 0.724. The zero-order valence-corrected chi connectivity index (χ0v) is 9.62. The molecule has 0 saturated heterocycles. The third kappa shape index (κ3) is 9.97. The molecule has 0 spiro atoms. The second-order valence-corrected chi connectivity index (χ2v) is 5.01. The third-order valence-electron chi connectivity index (χ3n) is 1.53. The first-order valence-corrected chi connectivity index (χ1v) is 5.25. The Morgan fingerprint density at radius 3 is 2.54 bits per heavy atom.